The van der Waals surface area contributed by atoms with Crippen LogP contribution >= 0.6 is 0 Å². The second kappa shape index (κ2) is 11.1. The van der Waals surface area contributed by atoms with Gasteiger partial charge in [-0.25, -0.2) is 0 Å². The average molecular weight is 292 g/mol. The lowest BCUT2D eigenvalue weighted by Gasteiger charge is -2.14. The number of aliphatic hydroxyl groups is 2. The highest BCUT2D eigenvalue weighted by atomic mass is 28.2. The average Bonchev–Trinajstić information content (AvgIpc) is 2.48. The predicted molar refractivity (Wildman–Crippen MR) is 87.0 cm³/mol. The maximum absolute atomic E-state index is 9.09. The summed E-state index contributed by atoms with van der Waals surface area (Å²) in [6.07, 6.45) is 7.49. The summed E-state index contributed by atoms with van der Waals surface area (Å²) in [5.41, 5.74) is 2.80. The molecule has 0 aliphatic rings. The van der Waals surface area contributed by atoms with Crippen LogP contribution in [0.15, 0.2) is 18.2 Å². The number of aryl methyl sites for hydroxylation is 1. The lowest BCUT2D eigenvalue weighted by Crippen LogP contribution is -2.21. The van der Waals surface area contributed by atoms with Crippen LogP contribution in [0.2, 0.25) is 6.04 Å². The fourth-order valence-electron chi connectivity index (χ4n) is 2.45. The van der Waals surface area contributed by atoms with Crippen LogP contribution < -0.4 is 5.19 Å². The quantitative estimate of drug-likeness (QED) is 0.486. The molecule has 0 fully saturated rings. The van der Waals surface area contributed by atoms with Crippen LogP contribution in [0.4, 0.5) is 0 Å². The van der Waals surface area contributed by atoms with Crippen molar-refractivity contribution in [3.63, 3.8) is 0 Å². The largest absolute Gasteiger partial charge is 0.396 e. The number of aliphatic hydroxyl groups excluding tert-OH is 2. The summed E-state index contributed by atoms with van der Waals surface area (Å²) >= 11 is 0. The zero-order valence-corrected chi connectivity index (χ0v) is 13.7. The second-order valence-corrected chi connectivity index (χ2v) is 6.62. The topological polar surface area (TPSA) is 40.5 Å². The van der Waals surface area contributed by atoms with Gasteiger partial charge in [-0.3, -0.25) is 0 Å². The Kier molecular flexibility index (Phi) is 9.63. The van der Waals surface area contributed by atoms with Gasteiger partial charge >= 0.3 is 0 Å². The van der Waals surface area contributed by atoms with Gasteiger partial charge in [-0.15, -0.1) is 0 Å². The van der Waals surface area contributed by atoms with Gasteiger partial charge in [0.2, 0.25) is 0 Å². The van der Waals surface area contributed by atoms with Crippen LogP contribution in [-0.4, -0.2) is 32.9 Å². The Labute approximate surface area is 126 Å². The third-order valence-electron chi connectivity index (χ3n) is 3.56. The molecule has 2 nitrogen and oxygen atoms in total. The van der Waals surface area contributed by atoms with Crippen molar-refractivity contribution in [2.75, 3.05) is 13.2 Å². The number of hydrogen-bond acceptors (Lipinski definition) is 2. The molecule has 0 aromatic heterocycles. The van der Waals surface area contributed by atoms with Crippen molar-refractivity contribution < 1.29 is 10.2 Å². The third-order valence-corrected chi connectivity index (χ3v) is 5.01. The molecule has 0 unspecified atom stereocenters. The van der Waals surface area contributed by atoms with Crippen molar-refractivity contribution >= 4 is 14.7 Å². The van der Waals surface area contributed by atoms with E-state index in [0.29, 0.717) is 0 Å². The molecule has 0 aliphatic heterocycles. The molecule has 1 aromatic rings. The Bertz CT molecular complexity index is 366. The summed E-state index contributed by atoms with van der Waals surface area (Å²) in [6.45, 7) is 2.75. The fourth-order valence-corrected chi connectivity index (χ4v) is 3.86. The molecule has 0 atom stereocenters. The second-order valence-electron chi connectivity index (χ2n) is 5.23. The van der Waals surface area contributed by atoms with Gasteiger partial charge in [-0.1, -0.05) is 55.6 Å². The summed E-state index contributed by atoms with van der Waals surface area (Å²) in [5.74, 6) is 0. The molecule has 1 rings (SSSR count). The van der Waals surface area contributed by atoms with Gasteiger partial charge in [-0.2, -0.15) is 0 Å². The minimum Gasteiger partial charge on any atom is -0.396 e. The van der Waals surface area contributed by atoms with Crippen LogP contribution in [-0.2, 0) is 12.8 Å². The van der Waals surface area contributed by atoms with Crippen LogP contribution in [0, 0.1) is 0 Å². The first-order valence-electron chi connectivity index (χ1n) is 7.89. The van der Waals surface area contributed by atoms with Crippen molar-refractivity contribution in [3.8, 4) is 0 Å². The number of benzene rings is 1. The van der Waals surface area contributed by atoms with Crippen LogP contribution in [0.5, 0.6) is 0 Å². The molecular weight excluding hydrogens is 264 g/mol. The smallest absolute Gasteiger partial charge is 0.0811 e. The molecule has 2 N–H and O–H groups in total. The number of unbranched alkanes of at least 4 members (excludes halogenated alkanes) is 2. The highest BCUT2D eigenvalue weighted by Gasteiger charge is 2.08. The van der Waals surface area contributed by atoms with E-state index in [1.807, 2.05) is 0 Å². The van der Waals surface area contributed by atoms with Crippen molar-refractivity contribution in [2.45, 2.75) is 57.9 Å². The molecule has 2 radical (unpaired) electrons. The summed E-state index contributed by atoms with van der Waals surface area (Å²) in [6, 6.07) is 7.86. The molecule has 1 aromatic carbocycles. The molecule has 0 amide bonds. The fraction of sp³-hybridized carbons (Fsp3) is 0.647. The van der Waals surface area contributed by atoms with Crippen molar-refractivity contribution in [1.82, 2.24) is 0 Å². The van der Waals surface area contributed by atoms with E-state index in [0.717, 1.165) is 35.2 Å². The van der Waals surface area contributed by atoms with Crippen molar-refractivity contribution in [2.24, 2.45) is 0 Å². The molecule has 112 valence electrons. The van der Waals surface area contributed by atoms with E-state index in [1.54, 1.807) is 0 Å². The summed E-state index contributed by atoms with van der Waals surface area (Å²) in [5, 5.41) is 19.6. The molecule has 0 aliphatic carbocycles. The highest BCUT2D eigenvalue weighted by Crippen LogP contribution is 2.12. The molecule has 3 heteroatoms. The SMILES string of the molecule is CCCCC[Si]c1cccc(CCCO)c1CCCO. The molecular formula is C17H28O2Si. The van der Waals surface area contributed by atoms with E-state index in [2.05, 4.69) is 25.1 Å². The summed E-state index contributed by atoms with van der Waals surface area (Å²) in [4.78, 5) is 0. The van der Waals surface area contributed by atoms with Gasteiger partial charge < -0.3 is 10.2 Å². The van der Waals surface area contributed by atoms with Gasteiger partial charge in [0.05, 0.1) is 9.52 Å². The molecule has 0 saturated heterocycles. The van der Waals surface area contributed by atoms with E-state index in [9.17, 15) is 0 Å². The van der Waals surface area contributed by atoms with Gasteiger partial charge in [0.25, 0.3) is 0 Å². The predicted octanol–water partition coefficient (Wildman–Crippen LogP) is 2.47. The Balaban J connectivity index is 2.73. The zero-order valence-electron chi connectivity index (χ0n) is 12.7. The standard InChI is InChI=1S/C17H28O2Si/c1-2-3-4-14-20-17-11-5-8-15(9-6-12-18)16(17)10-7-13-19/h5,8,11,18-19H,2-4,6-7,9-10,12-14H2,1H3. The number of hydrogen-bond donors (Lipinski definition) is 2. The number of rotatable bonds is 11. The minimum absolute atomic E-state index is 0.252. The Morgan fingerprint density at radius 2 is 1.70 bits per heavy atom. The Morgan fingerprint density at radius 3 is 2.40 bits per heavy atom. The van der Waals surface area contributed by atoms with Gasteiger partial charge in [0.1, 0.15) is 0 Å². The summed E-state index contributed by atoms with van der Waals surface area (Å²) < 4.78 is 0. The van der Waals surface area contributed by atoms with E-state index < -0.39 is 0 Å². The first-order valence-corrected chi connectivity index (χ1v) is 9.10. The lowest BCUT2D eigenvalue weighted by atomic mass is 9.99. The van der Waals surface area contributed by atoms with E-state index in [4.69, 9.17) is 10.2 Å². The van der Waals surface area contributed by atoms with Crippen LogP contribution in [0.3, 0.4) is 0 Å². The van der Waals surface area contributed by atoms with Gasteiger partial charge in [0.15, 0.2) is 0 Å². The molecule has 0 spiro atoms. The van der Waals surface area contributed by atoms with Gasteiger partial charge in [0, 0.05) is 13.2 Å². The maximum atomic E-state index is 9.09. The van der Waals surface area contributed by atoms with Crippen molar-refractivity contribution in [1.29, 1.82) is 0 Å². The normalized spacial score (nSPS) is 10.9. The highest BCUT2D eigenvalue weighted by molar-refractivity contribution is 6.54. The molecule has 0 saturated carbocycles. The summed E-state index contributed by atoms with van der Waals surface area (Å²) in [7, 11) is 0.882. The lowest BCUT2D eigenvalue weighted by molar-refractivity contribution is 0.286. The Morgan fingerprint density at radius 1 is 0.950 bits per heavy atom. The van der Waals surface area contributed by atoms with Gasteiger partial charge in [-0.05, 0) is 36.8 Å². The van der Waals surface area contributed by atoms with Crippen LogP contribution in [0.25, 0.3) is 0 Å². The third kappa shape index (κ3) is 6.20. The van der Waals surface area contributed by atoms with E-state index in [1.165, 1.54) is 41.6 Å². The monoisotopic (exact) mass is 292 g/mol. The molecule has 20 heavy (non-hydrogen) atoms. The Hall–Kier alpha value is -0.643. The zero-order chi connectivity index (χ0) is 14.6. The minimum atomic E-state index is 0.252. The van der Waals surface area contributed by atoms with E-state index >= 15 is 0 Å². The van der Waals surface area contributed by atoms with Crippen molar-refractivity contribution in [3.05, 3.63) is 29.3 Å². The molecule has 0 bridgehead atoms. The molecule has 0 heterocycles. The first kappa shape index (κ1) is 17.4. The maximum Gasteiger partial charge on any atom is 0.0811 e. The van der Waals surface area contributed by atoms with E-state index in [-0.39, 0.29) is 13.2 Å². The van der Waals surface area contributed by atoms with Crippen LogP contribution in [0.1, 0.15) is 50.2 Å². The first-order chi connectivity index (χ1) is 9.83.